The van der Waals surface area contributed by atoms with E-state index < -0.39 is 5.60 Å². The highest BCUT2D eigenvalue weighted by Gasteiger charge is 2.21. The van der Waals surface area contributed by atoms with Crippen molar-refractivity contribution < 1.29 is 5.11 Å². The van der Waals surface area contributed by atoms with E-state index in [1.165, 1.54) is 11.1 Å². The van der Waals surface area contributed by atoms with Gasteiger partial charge in [0.15, 0.2) is 0 Å². The van der Waals surface area contributed by atoms with Crippen LogP contribution in [0.3, 0.4) is 0 Å². The molecule has 0 amide bonds. The molecule has 1 unspecified atom stereocenters. The van der Waals surface area contributed by atoms with Crippen LogP contribution >= 0.6 is 11.6 Å². The lowest BCUT2D eigenvalue weighted by atomic mass is 9.89. The van der Waals surface area contributed by atoms with Crippen LogP contribution in [0.25, 0.3) is 0 Å². The number of hydrogen-bond donors (Lipinski definition) is 1. The summed E-state index contributed by atoms with van der Waals surface area (Å²) < 4.78 is 0. The Morgan fingerprint density at radius 1 is 0.850 bits per heavy atom. The molecule has 0 fully saturated rings. The second-order valence-corrected chi connectivity index (χ2v) is 6.08. The third-order valence-electron chi connectivity index (χ3n) is 3.51. The zero-order chi connectivity index (χ0) is 14.6. The number of rotatable bonds is 5. The van der Waals surface area contributed by atoms with Gasteiger partial charge in [-0.3, -0.25) is 0 Å². The molecule has 106 valence electrons. The van der Waals surface area contributed by atoms with Gasteiger partial charge in [0.25, 0.3) is 0 Å². The van der Waals surface area contributed by atoms with Crippen LogP contribution in [-0.2, 0) is 19.3 Å². The lowest BCUT2D eigenvalue weighted by Crippen LogP contribution is -2.30. The van der Waals surface area contributed by atoms with Crippen LogP contribution in [0.1, 0.15) is 30.5 Å². The minimum atomic E-state index is -0.748. The van der Waals surface area contributed by atoms with Crippen LogP contribution in [0.15, 0.2) is 48.5 Å². The highest BCUT2D eigenvalue weighted by Crippen LogP contribution is 2.20. The number of aryl methyl sites for hydroxylation is 1. The Balaban J connectivity index is 2.03. The number of hydrogen-bond acceptors (Lipinski definition) is 1. The van der Waals surface area contributed by atoms with Crippen LogP contribution in [0.2, 0.25) is 5.02 Å². The van der Waals surface area contributed by atoms with E-state index in [0.29, 0.717) is 12.8 Å². The van der Waals surface area contributed by atoms with E-state index in [9.17, 15) is 5.11 Å². The van der Waals surface area contributed by atoms with Gasteiger partial charge in [-0.1, -0.05) is 54.9 Å². The van der Waals surface area contributed by atoms with Gasteiger partial charge >= 0.3 is 0 Å². The Labute approximate surface area is 126 Å². The zero-order valence-electron chi connectivity index (χ0n) is 12.1. The van der Waals surface area contributed by atoms with Crippen molar-refractivity contribution in [3.63, 3.8) is 0 Å². The van der Waals surface area contributed by atoms with E-state index in [-0.39, 0.29) is 0 Å². The fourth-order valence-electron chi connectivity index (χ4n) is 2.44. The molecule has 2 aromatic carbocycles. The number of halogens is 1. The highest BCUT2D eigenvalue weighted by atomic mass is 35.5. The molecule has 1 N–H and O–H groups in total. The smallest absolute Gasteiger partial charge is 0.0700 e. The Hall–Kier alpha value is -1.31. The van der Waals surface area contributed by atoms with Crippen LogP contribution in [0.4, 0.5) is 0 Å². The maximum absolute atomic E-state index is 10.6. The van der Waals surface area contributed by atoms with Crippen LogP contribution in [-0.4, -0.2) is 10.7 Å². The van der Waals surface area contributed by atoms with Crippen LogP contribution in [0, 0.1) is 0 Å². The second kappa shape index (κ2) is 6.43. The first-order valence-corrected chi connectivity index (χ1v) is 7.41. The molecule has 0 radical (unpaired) electrons. The molecule has 1 atom stereocenters. The molecular formula is C18H21ClO. The van der Waals surface area contributed by atoms with E-state index >= 15 is 0 Å². The van der Waals surface area contributed by atoms with Crippen molar-refractivity contribution in [2.45, 2.75) is 38.7 Å². The van der Waals surface area contributed by atoms with Gasteiger partial charge in [-0.2, -0.15) is 0 Å². The molecule has 0 spiro atoms. The molecular weight excluding hydrogens is 268 g/mol. The monoisotopic (exact) mass is 288 g/mol. The number of aliphatic hydroxyl groups is 1. The standard InChI is InChI=1S/C18H21ClO/c1-3-14-4-6-15(7-5-14)12-18(2,20)13-16-8-10-17(19)11-9-16/h4-11,20H,3,12-13H2,1-2H3. The first-order chi connectivity index (χ1) is 9.48. The first kappa shape index (κ1) is 15.1. The molecule has 0 saturated heterocycles. The SMILES string of the molecule is CCc1ccc(CC(C)(O)Cc2ccc(Cl)cc2)cc1. The summed E-state index contributed by atoms with van der Waals surface area (Å²) in [6.45, 7) is 4.03. The van der Waals surface area contributed by atoms with Gasteiger partial charge < -0.3 is 5.11 Å². The maximum atomic E-state index is 10.6. The van der Waals surface area contributed by atoms with Gasteiger partial charge in [0, 0.05) is 17.9 Å². The van der Waals surface area contributed by atoms with Crippen molar-refractivity contribution in [3.8, 4) is 0 Å². The fourth-order valence-corrected chi connectivity index (χ4v) is 2.56. The summed E-state index contributed by atoms with van der Waals surface area (Å²) >= 11 is 5.88. The maximum Gasteiger partial charge on any atom is 0.0700 e. The van der Waals surface area contributed by atoms with E-state index in [4.69, 9.17) is 11.6 Å². The largest absolute Gasteiger partial charge is 0.389 e. The molecule has 0 saturated carbocycles. The Kier molecular flexibility index (Phi) is 4.85. The molecule has 0 aliphatic rings. The minimum absolute atomic E-state index is 0.625. The third kappa shape index (κ3) is 4.36. The van der Waals surface area contributed by atoms with Crippen molar-refractivity contribution in [1.82, 2.24) is 0 Å². The molecule has 2 heteroatoms. The fraction of sp³-hybridized carbons (Fsp3) is 0.333. The van der Waals surface area contributed by atoms with Crippen molar-refractivity contribution in [2.24, 2.45) is 0 Å². The lowest BCUT2D eigenvalue weighted by Gasteiger charge is -2.23. The molecule has 20 heavy (non-hydrogen) atoms. The normalized spacial score (nSPS) is 14.0. The summed E-state index contributed by atoms with van der Waals surface area (Å²) in [5.41, 5.74) is 2.85. The van der Waals surface area contributed by atoms with E-state index in [0.717, 1.165) is 17.0 Å². The number of benzene rings is 2. The van der Waals surface area contributed by atoms with Crippen LogP contribution < -0.4 is 0 Å². The minimum Gasteiger partial charge on any atom is -0.389 e. The summed E-state index contributed by atoms with van der Waals surface area (Å²) in [7, 11) is 0. The van der Waals surface area contributed by atoms with Gasteiger partial charge in [-0.25, -0.2) is 0 Å². The van der Waals surface area contributed by atoms with Crippen molar-refractivity contribution in [1.29, 1.82) is 0 Å². The molecule has 0 aliphatic carbocycles. The molecule has 0 heterocycles. The summed E-state index contributed by atoms with van der Waals surface area (Å²) in [6.07, 6.45) is 2.32. The van der Waals surface area contributed by atoms with Gasteiger partial charge in [0.2, 0.25) is 0 Å². The topological polar surface area (TPSA) is 20.2 Å². The van der Waals surface area contributed by atoms with E-state index in [2.05, 4.69) is 31.2 Å². The summed E-state index contributed by atoms with van der Waals surface area (Å²) in [5.74, 6) is 0. The average molecular weight is 289 g/mol. The molecule has 0 aliphatic heterocycles. The average Bonchev–Trinajstić information content (AvgIpc) is 2.41. The molecule has 0 bridgehead atoms. The second-order valence-electron chi connectivity index (χ2n) is 5.65. The van der Waals surface area contributed by atoms with Crippen molar-refractivity contribution in [2.75, 3.05) is 0 Å². The summed E-state index contributed by atoms with van der Waals surface area (Å²) in [4.78, 5) is 0. The molecule has 0 aromatic heterocycles. The van der Waals surface area contributed by atoms with Gasteiger partial charge in [-0.05, 0) is 42.2 Å². The predicted molar refractivity (Wildman–Crippen MR) is 85.3 cm³/mol. The van der Waals surface area contributed by atoms with Gasteiger partial charge in [-0.15, -0.1) is 0 Å². The van der Waals surface area contributed by atoms with Crippen LogP contribution in [0.5, 0.6) is 0 Å². The Bertz CT molecular complexity index is 541. The highest BCUT2D eigenvalue weighted by molar-refractivity contribution is 6.30. The Morgan fingerprint density at radius 2 is 1.25 bits per heavy atom. The first-order valence-electron chi connectivity index (χ1n) is 7.03. The Morgan fingerprint density at radius 3 is 1.70 bits per heavy atom. The molecule has 2 rings (SSSR count). The molecule has 1 nitrogen and oxygen atoms in total. The predicted octanol–water partition coefficient (Wildman–Crippen LogP) is 4.44. The van der Waals surface area contributed by atoms with Crippen molar-refractivity contribution in [3.05, 3.63) is 70.2 Å². The summed E-state index contributed by atoms with van der Waals surface area (Å²) in [6, 6.07) is 16.1. The quantitative estimate of drug-likeness (QED) is 0.862. The lowest BCUT2D eigenvalue weighted by molar-refractivity contribution is 0.0608. The zero-order valence-corrected chi connectivity index (χ0v) is 12.8. The third-order valence-corrected chi connectivity index (χ3v) is 3.77. The van der Waals surface area contributed by atoms with Crippen molar-refractivity contribution >= 4 is 11.6 Å². The van der Waals surface area contributed by atoms with Gasteiger partial charge in [0.1, 0.15) is 0 Å². The van der Waals surface area contributed by atoms with E-state index in [1.807, 2.05) is 31.2 Å². The summed E-state index contributed by atoms with van der Waals surface area (Å²) in [5, 5.41) is 11.3. The molecule has 2 aromatic rings. The van der Waals surface area contributed by atoms with E-state index in [1.54, 1.807) is 0 Å². The van der Waals surface area contributed by atoms with Gasteiger partial charge in [0.05, 0.1) is 5.60 Å².